The number of ether oxygens (including phenoxy) is 1. The van der Waals surface area contributed by atoms with E-state index in [1.54, 1.807) is 0 Å². The highest BCUT2D eigenvalue weighted by atomic mass is 16.5. The van der Waals surface area contributed by atoms with E-state index in [0.717, 1.165) is 11.3 Å². The fourth-order valence-corrected chi connectivity index (χ4v) is 2.10. The molecule has 1 fully saturated rings. The van der Waals surface area contributed by atoms with E-state index in [1.165, 1.54) is 4.90 Å². The molecule has 6 nitrogen and oxygen atoms in total. The van der Waals surface area contributed by atoms with Crippen molar-refractivity contribution in [3.8, 4) is 5.75 Å². The van der Waals surface area contributed by atoms with E-state index in [0.29, 0.717) is 13.0 Å². The summed E-state index contributed by atoms with van der Waals surface area (Å²) in [5.74, 6) is -0.268. The first-order chi connectivity index (χ1) is 10.1. The lowest BCUT2D eigenvalue weighted by atomic mass is 10.2. The van der Waals surface area contributed by atoms with Crippen molar-refractivity contribution in [2.24, 2.45) is 0 Å². The quantitative estimate of drug-likeness (QED) is 0.638. The molecule has 1 aromatic carbocycles. The number of benzene rings is 1. The van der Waals surface area contributed by atoms with Gasteiger partial charge in [-0.1, -0.05) is 18.2 Å². The lowest BCUT2D eigenvalue weighted by Gasteiger charge is -2.25. The van der Waals surface area contributed by atoms with Gasteiger partial charge in [0, 0.05) is 6.42 Å². The summed E-state index contributed by atoms with van der Waals surface area (Å²) in [7, 11) is 0. The summed E-state index contributed by atoms with van der Waals surface area (Å²) in [4.78, 5) is 35.6. The van der Waals surface area contributed by atoms with Gasteiger partial charge in [0.1, 0.15) is 18.8 Å². The van der Waals surface area contributed by atoms with Crippen LogP contribution in [-0.4, -0.2) is 42.3 Å². The lowest BCUT2D eigenvalue weighted by Crippen LogP contribution is -2.53. The molecular weight excluding hydrogens is 272 g/mol. The third-order valence-electron chi connectivity index (χ3n) is 3.19. The van der Waals surface area contributed by atoms with Crippen LogP contribution in [0.25, 0.3) is 0 Å². The van der Waals surface area contributed by atoms with Crippen molar-refractivity contribution in [1.29, 1.82) is 0 Å². The van der Waals surface area contributed by atoms with Gasteiger partial charge in [0.15, 0.2) is 0 Å². The Bertz CT molecular complexity index is 540. The molecule has 1 aromatic rings. The minimum absolute atomic E-state index is 0.0524. The molecule has 0 spiro atoms. The van der Waals surface area contributed by atoms with E-state index in [9.17, 15) is 14.4 Å². The highest BCUT2D eigenvalue weighted by molar-refractivity contribution is 6.02. The molecule has 0 aromatic heterocycles. The molecule has 1 aliphatic heterocycles. The predicted molar refractivity (Wildman–Crippen MR) is 75.6 cm³/mol. The molecule has 1 saturated heterocycles. The van der Waals surface area contributed by atoms with Gasteiger partial charge in [-0.05, 0) is 25.0 Å². The minimum Gasteiger partial charge on any atom is -0.493 e. The van der Waals surface area contributed by atoms with E-state index in [1.807, 2.05) is 31.2 Å². The Balaban J connectivity index is 1.73. The molecule has 3 amide bonds. The zero-order chi connectivity index (χ0) is 15.2. The van der Waals surface area contributed by atoms with Crippen LogP contribution in [0.5, 0.6) is 5.75 Å². The first kappa shape index (κ1) is 15.0. The highest BCUT2D eigenvalue weighted by Gasteiger charge is 2.25. The maximum absolute atomic E-state index is 11.9. The number of aryl methyl sites for hydroxylation is 1. The summed E-state index contributed by atoms with van der Waals surface area (Å²) >= 11 is 0. The van der Waals surface area contributed by atoms with Gasteiger partial charge < -0.3 is 9.64 Å². The van der Waals surface area contributed by atoms with E-state index in [2.05, 4.69) is 5.32 Å². The Morgan fingerprint density at radius 1 is 1.24 bits per heavy atom. The first-order valence-electron chi connectivity index (χ1n) is 6.85. The molecular formula is C15H18N2O4. The van der Waals surface area contributed by atoms with Gasteiger partial charge >= 0.3 is 0 Å². The number of amides is 3. The summed E-state index contributed by atoms with van der Waals surface area (Å²) in [6.45, 7) is 2.27. The number of piperazine rings is 1. The van der Waals surface area contributed by atoms with Crippen LogP contribution in [0.3, 0.4) is 0 Å². The molecule has 1 N–H and O–H groups in total. The van der Waals surface area contributed by atoms with Crippen LogP contribution < -0.4 is 10.1 Å². The van der Waals surface area contributed by atoms with Crippen LogP contribution in [0.1, 0.15) is 18.4 Å². The van der Waals surface area contributed by atoms with Gasteiger partial charge in [-0.2, -0.15) is 0 Å². The standard InChI is InChI=1S/C15H18N2O4/c1-11-5-2-3-6-12(11)21-8-4-7-15(20)17-9-13(18)16-14(19)10-17/h2-3,5-6H,4,7-10H2,1H3,(H,16,18,19). The minimum atomic E-state index is -0.434. The van der Waals surface area contributed by atoms with Crippen molar-refractivity contribution in [3.05, 3.63) is 29.8 Å². The molecule has 21 heavy (non-hydrogen) atoms. The van der Waals surface area contributed by atoms with Crippen molar-refractivity contribution >= 4 is 17.7 Å². The number of carbonyl (C=O) groups excluding carboxylic acids is 3. The third kappa shape index (κ3) is 4.30. The molecule has 0 radical (unpaired) electrons. The van der Waals surface area contributed by atoms with E-state index in [4.69, 9.17) is 4.74 Å². The molecule has 0 atom stereocenters. The number of nitrogens with one attached hydrogen (secondary N) is 1. The third-order valence-corrected chi connectivity index (χ3v) is 3.19. The van der Waals surface area contributed by atoms with Gasteiger partial charge in [0.2, 0.25) is 17.7 Å². The monoisotopic (exact) mass is 290 g/mol. The van der Waals surface area contributed by atoms with Crippen LogP contribution in [0.4, 0.5) is 0 Å². The van der Waals surface area contributed by atoms with E-state index < -0.39 is 11.8 Å². The Hall–Kier alpha value is -2.37. The average molecular weight is 290 g/mol. The van der Waals surface area contributed by atoms with Crippen molar-refractivity contribution in [2.45, 2.75) is 19.8 Å². The first-order valence-corrected chi connectivity index (χ1v) is 6.85. The average Bonchev–Trinajstić information content (AvgIpc) is 2.44. The van der Waals surface area contributed by atoms with Gasteiger partial charge in [0.05, 0.1) is 6.61 Å². The summed E-state index contributed by atoms with van der Waals surface area (Å²) in [6.07, 6.45) is 0.798. The van der Waals surface area contributed by atoms with Crippen molar-refractivity contribution in [1.82, 2.24) is 10.2 Å². The molecule has 6 heteroatoms. The second kappa shape index (κ2) is 6.88. The van der Waals surface area contributed by atoms with Crippen molar-refractivity contribution in [3.63, 3.8) is 0 Å². The fraction of sp³-hybridized carbons (Fsp3) is 0.400. The molecule has 1 aliphatic rings. The summed E-state index contributed by atoms with van der Waals surface area (Å²) < 4.78 is 5.60. The zero-order valence-corrected chi connectivity index (χ0v) is 11.9. The predicted octanol–water partition coefficient (Wildman–Crippen LogP) is 0.639. The van der Waals surface area contributed by atoms with Gasteiger partial charge in [-0.25, -0.2) is 0 Å². The zero-order valence-electron chi connectivity index (χ0n) is 11.9. The SMILES string of the molecule is Cc1ccccc1OCCCC(=O)N1CC(=O)NC(=O)C1. The molecule has 1 heterocycles. The largest absolute Gasteiger partial charge is 0.493 e. The van der Waals surface area contributed by atoms with Crippen molar-refractivity contribution < 1.29 is 19.1 Å². The number of carbonyl (C=O) groups is 3. The van der Waals surface area contributed by atoms with Crippen molar-refractivity contribution in [2.75, 3.05) is 19.7 Å². The molecule has 0 saturated carbocycles. The van der Waals surface area contributed by atoms with Gasteiger partial charge in [-0.15, -0.1) is 0 Å². The Morgan fingerprint density at radius 3 is 2.57 bits per heavy atom. The highest BCUT2D eigenvalue weighted by Crippen LogP contribution is 2.16. The molecule has 0 aliphatic carbocycles. The second-order valence-corrected chi connectivity index (χ2v) is 4.94. The Labute approximate surface area is 123 Å². The van der Waals surface area contributed by atoms with E-state index >= 15 is 0 Å². The number of rotatable bonds is 5. The topological polar surface area (TPSA) is 75.7 Å². The molecule has 0 bridgehead atoms. The Kier molecular flexibility index (Phi) is 4.92. The van der Waals surface area contributed by atoms with Crippen LogP contribution >= 0.6 is 0 Å². The number of hydrogen-bond acceptors (Lipinski definition) is 4. The molecule has 2 rings (SSSR count). The van der Waals surface area contributed by atoms with Gasteiger partial charge in [-0.3, -0.25) is 19.7 Å². The van der Waals surface area contributed by atoms with Crippen LogP contribution in [-0.2, 0) is 14.4 Å². The molecule has 0 unspecified atom stereocenters. The normalized spacial score (nSPS) is 14.8. The smallest absolute Gasteiger partial charge is 0.246 e. The molecule has 112 valence electrons. The number of hydrogen-bond donors (Lipinski definition) is 1. The van der Waals surface area contributed by atoms with Gasteiger partial charge in [0.25, 0.3) is 0 Å². The maximum Gasteiger partial charge on any atom is 0.246 e. The number of imide groups is 1. The number of para-hydroxylation sites is 1. The maximum atomic E-state index is 11.9. The summed E-state index contributed by atoms with van der Waals surface area (Å²) in [6, 6.07) is 7.67. The Morgan fingerprint density at radius 2 is 1.90 bits per heavy atom. The summed E-state index contributed by atoms with van der Waals surface area (Å²) in [5, 5.41) is 2.16. The summed E-state index contributed by atoms with van der Waals surface area (Å²) in [5.41, 5.74) is 1.04. The fourth-order valence-electron chi connectivity index (χ4n) is 2.10. The number of nitrogens with zero attached hydrogens (tertiary/aromatic N) is 1. The van der Waals surface area contributed by atoms with Crippen LogP contribution in [0.2, 0.25) is 0 Å². The lowest BCUT2D eigenvalue weighted by molar-refractivity contribution is -0.145. The van der Waals surface area contributed by atoms with Crippen LogP contribution in [0.15, 0.2) is 24.3 Å². The van der Waals surface area contributed by atoms with E-state index in [-0.39, 0.29) is 25.4 Å². The second-order valence-electron chi connectivity index (χ2n) is 4.94. The van der Waals surface area contributed by atoms with Crippen LogP contribution in [0, 0.1) is 6.92 Å².